The van der Waals surface area contributed by atoms with Gasteiger partial charge in [0.1, 0.15) is 31.5 Å². The van der Waals surface area contributed by atoms with E-state index < -0.39 is 0 Å². The smallest absolute Gasteiger partial charge is 0.146 e. The van der Waals surface area contributed by atoms with E-state index in [-0.39, 0.29) is 31.5 Å². The fourth-order valence-corrected chi connectivity index (χ4v) is 2.65. The average molecular weight is 362 g/mol. The molecule has 1 aromatic carbocycles. The van der Waals surface area contributed by atoms with E-state index in [9.17, 15) is 5.11 Å². The summed E-state index contributed by atoms with van der Waals surface area (Å²) in [5.74, 6) is 0.220. The molecule has 7 heteroatoms. The summed E-state index contributed by atoms with van der Waals surface area (Å²) in [4.78, 5) is 2.14. The van der Waals surface area contributed by atoms with E-state index in [1.165, 1.54) is 0 Å². The maximum atomic E-state index is 9.57. The number of hydrogen-bond donors (Lipinski definition) is 1. The van der Waals surface area contributed by atoms with E-state index in [4.69, 9.17) is 18.9 Å². The SMILES string of the molecule is COCO[C@H]1CN(c2ccc(O)c(Br)c2)C[C@@H]1OCOC. The van der Waals surface area contributed by atoms with Gasteiger partial charge in [0.25, 0.3) is 0 Å². The van der Waals surface area contributed by atoms with Crippen molar-refractivity contribution in [1.29, 1.82) is 0 Å². The minimum atomic E-state index is -0.0901. The second kappa shape index (κ2) is 7.95. The predicted molar refractivity (Wildman–Crippen MR) is 81.5 cm³/mol. The fourth-order valence-electron chi connectivity index (χ4n) is 2.28. The molecule has 0 saturated carbocycles. The van der Waals surface area contributed by atoms with Gasteiger partial charge < -0.3 is 29.0 Å². The molecule has 21 heavy (non-hydrogen) atoms. The van der Waals surface area contributed by atoms with Gasteiger partial charge in [-0.1, -0.05) is 0 Å². The normalized spacial score (nSPS) is 22.0. The molecule has 118 valence electrons. The Kier molecular flexibility index (Phi) is 6.25. The van der Waals surface area contributed by atoms with Crippen molar-refractivity contribution in [2.75, 3.05) is 45.8 Å². The molecule has 1 saturated heterocycles. The van der Waals surface area contributed by atoms with Crippen LogP contribution in [0.1, 0.15) is 0 Å². The molecule has 2 rings (SSSR count). The summed E-state index contributed by atoms with van der Waals surface area (Å²) in [6.45, 7) is 1.83. The lowest BCUT2D eigenvalue weighted by molar-refractivity contribution is -0.139. The van der Waals surface area contributed by atoms with Gasteiger partial charge in [0.15, 0.2) is 0 Å². The quantitative estimate of drug-likeness (QED) is 0.749. The molecule has 6 nitrogen and oxygen atoms in total. The summed E-state index contributed by atoms with van der Waals surface area (Å²) in [5, 5.41) is 9.57. The van der Waals surface area contributed by atoms with Gasteiger partial charge in [-0.05, 0) is 34.1 Å². The number of phenols is 1. The monoisotopic (exact) mass is 361 g/mol. The number of nitrogens with zero attached hydrogens (tertiary/aromatic N) is 1. The molecule has 0 unspecified atom stereocenters. The lowest BCUT2D eigenvalue weighted by Crippen LogP contribution is -2.31. The molecule has 0 amide bonds. The third-order valence-corrected chi connectivity index (χ3v) is 3.95. The lowest BCUT2D eigenvalue weighted by atomic mass is 10.2. The van der Waals surface area contributed by atoms with Crippen LogP contribution in [0.5, 0.6) is 5.75 Å². The Morgan fingerprint density at radius 2 is 1.71 bits per heavy atom. The minimum absolute atomic E-state index is 0.0901. The molecule has 1 heterocycles. The van der Waals surface area contributed by atoms with E-state index in [2.05, 4.69) is 20.8 Å². The van der Waals surface area contributed by atoms with Crippen LogP contribution in [-0.2, 0) is 18.9 Å². The summed E-state index contributed by atoms with van der Waals surface area (Å²) in [5.41, 5.74) is 0.995. The second-order valence-corrected chi connectivity index (χ2v) is 5.62. The number of methoxy groups -OCH3 is 2. The third-order valence-electron chi connectivity index (χ3n) is 3.31. The van der Waals surface area contributed by atoms with Crippen molar-refractivity contribution in [3.05, 3.63) is 22.7 Å². The molecule has 0 bridgehead atoms. The summed E-state index contributed by atoms with van der Waals surface area (Å²) < 4.78 is 21.9. The Morgan fingerprint density at radius 3 is 2.19 bits per heavy atom. The molecule has 2 atom stereocenters. The molecule has 1 aliphatic rings. The molecule has 0 radical (unpaired) electrons. The van der Waals surface area contributed by atoms with Crippen LogP contribution in [0.2, 0.25) is 0 Å². The Hall–Kier alpha value is -0.860. The van der Waals surface area contributed by atoms with Gasteiger partial charge in [0.05, 0.1) is 4.47 Å². The molecule has 1 N–H and O–H groups in total. The number of rotatable bonds is 7. The zero-order valence-electron chi connectivity index (χ0n) is 12.1. The topological polar surface area (TPSA) is 60.4 Å². The molecule has 1 aliphatic heterocycles. The van der Waals surface area contributed by atoms with Crippen molar-refractivity contribution < 1.29 is 24.1 Å². The van der Waals surface area contributed by atoms with Crippen LogP contribution in [0.4, 0.5) is 5.69 Å². The highest BCUT2D eigenvalue weighted by Gasteiger charge is 2.34. The van der Waals surface area contributed by atoms with Crippen molar-refractivity contribution in [3.63, 3.8) is 0 Å². The van der Waals surface area contributed by atoms with Gasteiger partial charge in [-0.3, -0.25) is 0 Å². The van der Waals surface area contributed by atoms with Crippen LogP contribution in [0.3, 0.4) is 0 Å². The van der Waals surface area contributed by atoms with E-state index in [1.54, 1.807) is 20.3 Å². The summed E-state index contributed by atoms with van der Waals surface area (Å²) in [7, 11) is 3.18. The van der Waals surface area contributed by atoms with Gasteiger partial charge in [0.2, 0.25) is 0 Å². The molecule has 0 aromatic heterocycles. The van der Waals surface area contributed by atoms with Crippen molar-refractivity contribution in [2.45, 2.75) is 12.2 Å². The van der Waals surface area contributed by atoms with Crippen LogP contribution >= 0.6 is 15.9 Å². The minimum Gasteiger partial charge on any atom is -0.507 e. The van der Waals surface area contributed by atoms with Gasteiger partial charge in [0, 0.05) is 33.0 Å². The second-order valence-electron chi connectivity index (χ2n) is 4.76. The maximum absolute atomic E-state index is 9.57. The number of benzene rings is 1. The first kappa shape index (κ1) is 16.5. The van der Waals surface area contributed by atoms with E-state index in [0.29, 0.717) is 17.6 Å². The first-order valence-electron chi connectivity index (χ1n) is 6.60. The van der Waals surface area contributed by atoms with E-state index in [0.717, 1.165) is 5.69 Å². The number of phenolic OH excluding ortho intramolecular Hbond substituents is 1. The van der Waals surface area contributed by atoms with Gasteiger partial charge in [-0.25, -0.2) is 0 Å². The number of aromatic hydroxyl groups is 1. The standard InChI is InChI=1S/C14H20BrNO5/c1-18-8-20-13-6-16(7-14(13)21-9-19-2)10-3-4-12(17)11(15)5-10/h3-5,13-14,17H,6-9H2,1-2H3/t13-,14-/m0/s1. The third kappa shape index (κ3) is 4.31. The van der Waals surface area contributed by atoms with E-state index >= 15 is 0 Å². The fraction of sp³-hybridized carbons (Fsp3) is 0.571. The Balaban J connectivity index is 2.05. The first-order valence-corrected chi connectivity index (χ1v) is 7.39. The van der Waals surface area contributed by atoms with Crippen LogP contribution in [0, 0.1) is 0 Å². The summed E-state index contributed by atoms with van der Waals surface area (Å²) in [6.07, 6.45) is -0.180. The maximum Gasteiger partial charge on any atom is 0.146 e. The number of anilines is 1. The number of halogens is 1. The summed E-state index contributed by atoms with van der Waals surface area (Å²) >= 11 is 3.33. The zero-order valence-corrected chi connectivity index (χ0v) is 13.7. The molecular formula is C14H20BrNO5. The molecule has 0 aliphatic carbocycles. The highest BCUT2D eigenvalue weighted by atomic mass is 79.9. The molecule has 1 aromatic rings. The Morgan fingerprint density at radius 1 is 1.14 bits per heavy atom. The van der Waals surface area contributed by atoms with Gasteiger partial charge in [-0.2, -0.15) is 0 Å². The molecule has 1 fully saturated rings. The Labute approximate surface area is 132 Å². The van der Waals surface area contributed by atoms with E-state index in [1.807, 2.05) is 12.1 Å². The van der Waals surface area contributed by atoms with Crippen molar-refractivity contribution in [3.8, 4) is 5.75 Å². The largest absolute Gasteiger partial charge is 0.507 e. The van der Waals surface area contributed by atoms with Crippen molar-refractivity contribution >= 4 is 21.6 Å². The highest BCUT2D eigenvalue weighted by molar-refractivity contribution is 9.10. The zero-order chi connectivity index (χ0) is 15.2. The van der Waals surface area contributed by atoms with Crippen LogP contribution in [0.25, 0.3) is 0 Å². The van der Waals surface area contributed by atoms with Crippen LogP contribution in [-0.4, -0.2) is 58.2 Å². The highest BCUT2D eigenvalue weighted by Crippen LogP contribution is 2.31. The van der Waals surface area contributed by atoms with Crippen molar-refractivity contribution in [1.82, 2.24) is 0 Å². The molecular weight excluding hydrogens is 342 g/mol. The predicted octanol–water partition coefficient (Wildman–Crippen LogP) is 1.95. The lowest BCUT2D eigenvalue weighted by Gasteiger charge is -2.18. The first-order chi connectivity index (χ1) is 10.2. The summed E-state index contributed by atoms with van der Waals surface area (Å²) in [6, 6.07) is 5.40. The number of ether oxygens (including phenoxy) is 4. The van der Waals surface area contributed by atoms with Crippen molar-refractivity contribution in [2.24, 2.45) is 0 Å². The molecule has 0 spiro atoms. The van der Waals surface area contributed by atoms with Gasteiger partial charge in [-0.15, -0.1) is 0 Å². The Bertz CT molecular complexity index is 443. The van der Waals surface area contributed by atoms with Crippen LogP contribution in [0.15, 0.2) is 22.7 Å². The van der Waals surface area contributed by atoms with Gasteiger partial charge >= 0.3 is 0 Å². The average Bonchev–Trinajstić information content (AvgIpc) is 2.89. The van der Waals surface area contributed by atoms with Crippen LogP contribution < -0.4 is 4.90 Å². The number of hydrogen-bond acceptors (Lipinski definition) is 6.